The number of nitrogens with zero attached hydrogens (tertiary/aromatic N) is 2. The fourth-order valence-corrected chi connectivity index (χ4v) is 4.96. The van der Waals surface area contributed by atoms with Gasteiger partial charge in [-0.1, -0.05) is 37.3 Å². The van der Waals surface area contributed by atoms with Crippen molar-refractivity contribution in [3.8, 4) is 0 Å². The number of hydrogen-bond donors (Lipinski definition) is 0. The van der Waals surface area contributed by atoms with Crippen LogP contribution in [0.3, 0.4) is 0 Å². The molecule has 0 N–H and O–H groups in total. The Kier molecular flexibility index (Phi) is 6.16. The summed E-state index contributed by atoms with van der Waals surface area (Å²) in [5.41, 5.74) is 3.51. The second-order valence-corrected chi connectivity index (χ2v) is 8.76. The SMILES string of the molecule is Cc1cc(C2CCC([C@@H](C)C(=O)N3C(=O)OC[C@H]3Cc3ccccc3)CC2)ccn1. The van der Waals surface area contributed by atoms with Crippen molar-refractivity contribution in [2.24, 2.45) is 11.8 Å². The number of carbonyl (C=O) groups excluding carboxylic acids is 2. The van der Waals surface area contributed by atoms with E-state index in [1.165, 1.54) is 10.5 Å². The molecule has 2 heterocycles. The summed E-state index contributed by atoms with van der Waals surface area (Å²) in [7, 11) is 0. The molecule has 2 atom stereocenters. The predicted molar refractivity (Wildman–Crippen MR) is 115 cm³/mol. The van der Waals surface area contributed by atoms with Crippen molar-refractivity contribution in [1.82, 2.24) is 9.88 Å². The third kappa shape index (κ3) is 4.40. The second kappa shape index (κ2) is 8.99. The van der Waals surface area contributed by atoms with Crippen LogP contribution < -0.4 is 0 Å². The van der Waals surface area contributed by atoms with Gasteiger partial charge in [0.2, 0.25) is 5.91 Å². The number of rotatable bonds is 5. The number of carbonyl (C=O) groups is 2. The highest BCUT2D eigenvalue weighted by Gasteiger charge is 2.42. The van der Waals surface area contributed by atoms with Crippen LogP contribution in [0.25, 0.3) is 0 Å². The van der Waals surface area contributed by atoms with E-state index in [2.05, 4.69) is 17.1 Å². The van der Waals surface area contributed by atoms with Gasteiger partial charge in [0.05, 0.1) is 6.04 Å². The van der Waals surface area contributed by atoms with Gasteiger partial charge in [-0.2, -0.15) is 0 Å². The first-order chi connectivity index (χ1) is 14.5. The molecule has 0 radical (unpaired) electrons. The van der Waals surface area contributed by atoms with Gasteiger partial charge < -0.3 is 4.74 Å². The number of amides is 2. The third-order valence-electron chi connectivity index (χ3n) is 6.77. The van der Waals surface area contributed by atoms with E-state index in [9.17, 15) is 9.59 Å². The molecule has 1 aliphatic heterocycles. The van der Waals surface area contributed by atoms with Gasteiger partial charge in [-0.3, -0.25) is 9.78 Å². The monoisotopic (exact) mass is 406 g/mol. The molecule has 0 unspecified atom stereocenters. The standard InChI is InChI=1S/C25H30N2O3/c1-17-14-22(12-13-26-17)21-10-8-20(9-11-21)18(2)24(28)27-23(16-30-25(27)29)15-19-6-4-3-5-7-19/h3-7,12-14,18,20-21,23H,8-11,15-16H2,1-2H3/t18-,20?,21?,23-/m1/s1. The van der Waals surface area contributed by atoms with Crippen molar-refractivity contribution in [2.45, 2.75) is 57.9 Å². The summed E-state index contributed by atoms with van der Waals surface area (Å²) in [6.07, 6.45) is 6.19. The van der Waals surface area contributed by atoms with E-state index in [0.717, 1.165) is 36.9 Å². The quantitative estimate of drug-likeness (QED) is 0.709. The van der Waals surface area contributed by atoms with Crippen molar-refractivity contribution in [3.63, 3.8) is 0 Å². The molecule has 1 aromatic carbocycles. The molecule has 5 heteroatoms. The van der Waals surface area contributed by atoms with Gasteiger partial charge in [0.25, 0.3) is 0 Å². The molecule has 2 fully saturated rings. The highest BCUT2D eigenvalue weighted by atomic mass is 16.6. The lowest BCUT2D eigenvalue weighted by molar-refractivity contribution is -0.135. The topological polar surface area (TPSA) is 59.5 Å². The normalized spacial score (nSPS) is 25.1. The molecule has 1 aliphatic carbocycles. The summed E-state index contributed by atoms with van der Waals surface area (Å²) in [6.45, 7) is 4.28. The number of aryl methyl sites for hydroxylation is 1. The van der Waals surface area contributed by atoms with E-state index < -0.39 is 6.09 Å². The fourth-order valence-electron chi connectivity index (χ4n) is 4.96. The maximum absolute atomic E-state index is 13.3. The van der Waals surface area contributed by atoms with E-state index >= 15 is 0 Å². The number of imide groups is 1. The van der Waals surface area contributed by atoms with E-state index in [4.69, 9.17) is 4.74 Å². The van der Waals surface area contributed by atoms with Gasteiger partial charge >= 0.3 is 6.09 Å². The molecule has 2 aliphatic rings. The fraction of sp³-hybridized carbons (Fsp3) is 0.480. The van der Waals surface area contributed by atoms with Crippen LogP contribution in [0.15, 0.2) is 48.7 Å². The molecule has 158 valence electrons. The Hall–Kier alpha value is -2.69. The van der Waals surface area contributed by atoms with Crippen LogP contribution >= 0.6 is 0 Å². The minimum Gasteiger partial charge on any atom is -0.447 e. The number of aromatic nitrogens is 1. The maximum Gasteiger partial charge on any atom is 0.416 e. The van der Waals surface area contributed by atoms with Crippen LogP contribution in [-0.2, 0) is 16.0 Å². The lowest BCUT2D eigenvalue weighted by Crippen LogP contribution is -2.45. The highest BCUT2D eigenvalue weighted by Crippen LogP contribution is 2.39. The van der Waals surface area contributed by atoms with Crippen LogP contribution in [0.4, 0.5) is 4.79 Å². The molecular formula is C25H30N2O3. The van der Waals surface area contributed by atoms with Crippen LogP contribution in [0, 0.1) is 18.8 Å². The van der Waals surface area contributed by atoms with Crippen LogP contribution in [0.1, 0.15) is 55.3 Å². The van der Waals surface area contributed by atoms with Crippen molar-refractivity contribution in [1.29, 1.82) is 0 Å². The minimum absolute atomic E-state index is 0.0818. The van der Waals surface area contributed by atoms with Gasteiger partial charge in [0.1, 0.15) is 6.61 Å². The number of hydrogen-bond acceptors (Lipinski definition) is 4. The summed E-state index contributed by atoms with van der Waals surface area (Å²) in [5.74, 6) is 0.589. The molecule has 1 saturated heterocycles. The van der Waals surface area contributed by atoms with Gasteiger partial charge in [-0.25, -0.2) is 9.69 Å². The van der Waals surface area contributed by atoms with E-state index in [1.54, 1.807) is 0 Å². The predicted octanol–water partition coefficient (Wildman–Crippen LogP) is 4.89. The van der Waals surface area contributed by atoms with Crippen molar-refractivity contribution in [2.75, 3.05) is 6.61 Å². The maximum atomic E-state index is 13.3. The van der Waals surface area contributed by atoms with Crippen molar-refractivity contribution >= 4 is 12.0 Å². The van der Waals surface area contributed by atoms with Crippen LogP contribution in [0.2, 0.25) is 0 Å². The van der Waals surface area contributed by atoms with Crippen LogP contribution in [0.5, 0.6) is 0 Å². The van der Waals surface area contributed by atoms with Crippen molar-refractivity contribution in [3.05, 3.63) is 65.5 Å². The molecule has 1 aromatic heterocycles. The number of benzene rings is 1. The smallest absolute Gasteiger partial charge is 0.416 e. The molecular weight excluding hydrogens is 376 g/mol. The zero-order valence-electron chi connectivity index (χ0n) is 17.8. The first kappa shape index (κ1) is 20.6. The summed E-state index contributed by atoms with van der Waals surface area (Å²) >= 11 is 0. The molecule has 1 saturated carbocycles. The zero-order valence-corrected chi connectivity index (χ0v) is 17.8. The Morgan fingerprint density at radius 2 is 1.90 bits per heavy atom. The van der Waals surface area contributed by atoms with Gasteiger partial charge in [-0.15, -0.1) is 0 Å². The summed E-state index contributed by atoms with van der Waals surface area (Å²) in [5, 5.41) is 0. The summed E-state index contributed by atoms with van der Waals surface area (Å²) < 4.78 is 5.26. The molecule has 0 bridgehead atoms. The van der Waals surface area contributed by atoms with E-state index in [1.807, 2.05) is 50.4 Å². The Balaban J connectivity index is 1.38. The lowest BCUT2D eigenvalue weighted by Gasteiger charge is -2.33. The first-order valence-corrected chi connectivity index (χ1v) is 11.0. The van der Waals surface area contributed by atoms with E-state index in [-0.39, 0.29) is 24.5 Å². The number of pyridine rings is 1. The average Bonchev–Trinajstić information content (AvgIpc) is 3.13. The molecule has 4 rings (SSSR count). The molecule has 5 nitrogen and oxygen atoms in total. The second-order valence-electron chi connectivity index (χ2n) is 8.76. The number of ether oxygens (including phenoxy) is 1. The summed E-state index contributed by atoms with van der Waals surface area (Å²) in [4.78, 5) is 31.3. The van der Waals surface area contributed by atoms with E-state index in [0.29, 0.717) is 18.3 Å². The molecule has 2 amide bonds. The van der Waals surface area contributed by atoms with Crippen molar-refractivity contribution < 1.29 is 14.3 Å². The zero-order chi connectivity index (χ0) is 21.1. The summed E-state index contributed by atoms with van der Waals surface area (Å²) in [6, 6.07) is 14.0. The van der Waals surface area contributed by atoms with Gasteiger partial charge in [0, 0.05) is 17.8 Å². The average molecular weight is 407 g/mol. The third-order valence-corrected chi connectivity index (χ3v) is 6.77. The molecule has 0 spiro atoms. The van der Waals surface area contributed by atoms with Gasteiger partial charge in [0.15, 0.2) is 0 Å². The number of cyclic esters (lactones) is 1. The van der Waals surface area contributed by atoms with Crippen LogP contribution in [-0.4, -0.2) is 34.5 Å². The highest BCUT2D eigenvalue weighted by molar-refractivity contribution is 5.94. The Morgan fingerprint density at radius 3 is 2.60 bits per heavy atom. The lowest BCUT2D eigenvalue weighted by atomic mass is 9.74. The Morgan fingerprint density at radius 1 is 1.17 bits per heavy atom. The Bertz CT molecular complexity index is 890. The minimum atomic E-state index is -0.492. The first-order valence-electron chi connectivity index (χ1n) is 11.0. The molecule has 2 aromatic rings. The largest absolute Gasteiger partial charge is 0.447 e. The molecule has 30 heavy (non-hydrogen) atoms. The van der Waals surface area contributed by atoms with Gasteiger partial charge in [-0.05, 0) is 74.1 Å². The Labute approximate surface area is 178 Å².